The van der Waals surface area contributed by atoms with Crippen molar-refractivity contribution in [1.29, 1.82) is 0 Å². The molecular weight excluding hydrogens is 424 g/mol. The van der Waals surface area contributed by atoms with Gasteiger partial charge in [0.25, 0.3) is 5.22 Å². The summed E-state index contributed by atoms with van der Waals surface area (Å²) in [5, 5.41) is 11.9. The lowest BCUT2D eigenvalue weighted by molar-refractivity contribution is -0.117. The van der Waals surface area contributed by atoms with E-state index in [2.05, 4.69) is 15.5 Å². The van der Waals surface area contributed by atoms with Crippen molar-refractivity contribution in [2.75, 3.05) is 22.5 Å². The van der Waals surface area contributed by atoms with E-state index in [1.54, 1.807) is 17.0 Å². The Balaban J connectivity index is 1.34. The third-order valence-corrected chi connectivity index (χ3v) is 5.85. The van der Waals surface area contributed by atoms with E-state index in [-0.39, 0.29) is 23.5 Å². The van der Waals surface area contributed by atoms with Crippen LogP contribution in [0.25, 0.3) is 0 Å². The normalized spacial score (nSPS) is 16.1. The minimum absolute atomic E-state index is 0.00710. The predicted octanol–water partition coefficient (Wildman–Crippen LogP) is 4.28. The van der Waals surface area contributed by atoms with Crippen molar-refractivity contribution >= 4 is 46.6 Å². The molecule has 1 aliphatic heterocycles. The zero-order chi connectivity index (χ0) is 21.1. The Kier molecular flexibility index (Phi) is 6.06. The Bertz CT molecular complexity index is 1070. The molecule has 2 heterocycles. The van der Waals surface area contributed by atoms with Crippen molar-refractivity contribution in [3.63, 3.8) is 0 Å². The van der Waals surface area contributed by atoms with Gasteiger partial charge in [-0.2, -0.15) is 0 Å². The van der Waals surface area contributed by atoms with Crippen LogP contribution < -0.4 is 10.2 Å². The molecule has 0 radical (unpaired) electrons. The predicted molar refractivity (Wildman–Crippen MR) is 116 cm³/mol. The number of nitrogens with zero attached hydrogens (tertiary/aromatic N) is 3. The summed E-state index contributed by atoms with van der Waals surface area (Å²) in [5.74, 6) is 0.208. The van der Waals surface area contributed by atoms with E-state index in [0.29, 0.717) is 29.1 Å². The largest absolute Gasteiger partial charge is 0.416 e. The molecule has 2 aromatic carbocycles. The van der Waals surface area contributed by atoms with E-state index in [4.69, 9.17) is 16.0 Å². The zero-order valence-electron chi connectivity index (χ0n) is 16.2. The van der Waals surface area contributed by atoms with E-state index in [1.807, 2.05) is 43.3 Å². The molecular formula is C21H19ClN4O3S. The molecule has 0 aliphatic carbocycles. The van der Waals surface area contributed by atoms with Crippen LogP contribution in [-0.2, 0) is 9.59 Å². The number of halogens is 1. The van der Waals surface area contributed by atoms with Gasteiger partial charge in [-0.3, -0.25) is 9.59 Å². The van der Waals surface area contributed by atoms with E-state index in [1.165, 1.54) is 11.8 Å². The van der Waals surface area contributed by atoms with E-state index >= 15 is 0 Å². The first kappa shape index (κ1) is 20.4. The number of hydrogen-bond donors (Lipinski definition) is 1. The van der Waals surface area contributed by atoms with E-state index < -0.39 is 0 Å². The maximum Gasteiger partial charge on any atom is 0.277 e. The minimum Gasteiger partial charge on any atom is -0.416 e. The maximum absolute atomic E-state index is 12.4. The summed E-state index contributed by atoms with van der Waals surface area (Å²) in [5.41, 5.74) is 2.56. The number of thioether (sulfide) groups is 1. The Hall–Kier alpha value is -2.84. The highest BCUT2D eigenvalue weighted by atomic mass is 35.5. The van der Waals surface area contributed by atoms with Gasteiger partial charge in [0, 0.05) is 29.4 Å². The molecule has 7 nitrogen and oxygen atoms in total. The Morgan fingerprint density at radius 3 is 2.77 bits per heavy atom. The standard InChI is InChI=1S/C21H19ClN4O3S/c1-13-4-2-3-5-17(13)23-18(27)12-30-21-25-24-20(29-21)14-10-19(28)26(11-14)16-8-6-15(22)7-9-16/h2-9,14H,10-12H2,1H3,(H,23,27)/t14-/m0/s1. The topological polar surface area (TPSA) is 88.3 Å². The second kappa shape index (κ2) is 8.89. The molecule has 1 N–H and O–H groups in total. The third-order valence-electron chi connectivity index (χ3n) is 4.78. The lowest BCUT2D eigenvalue weighted by Crippen LogP contribution is -2.24. The summed E-state index contributed by atoms with van der Waals surface area (Å²) >= 11 is 7.09. The molecule has 1 aromatic heterocycles. The van der Waals surface area contributed by atoms with Crippen molar-refractivity contribution in [2.45, 2.75) is 24.5 Å². The molecule has 0 spiro atoms. The quantitative estimate of drug-likeness (QED) is 0.573. The SMILES string of the molecule is Cc1ccccc1NC(=O)CSc1nnc([C@H]2CC(=O)N(c3ccc(Cl)cc3)C2)o1. The molecule has 1 aliphatic rings. The summed E-state index contributed by atoms with van der Waals surface area (Å²) in [4.78, 5) is 26.3. The number of aryl methyl sites for hydroxylation is 1. The van der Waals surface area contributed by atoms with Crippen molar-refractivity contribution in [2.24, 2.45) is 0 Å². The van der Waals surface area contributed by atoms with Crippen LogP contribution in [0.5, 0.6) is 0 Å². The summed E-state index contributed by atoms with van der Waals surface area (Å²) < 4.78 is 5.70. The monoisotopic (exact) mass is 442 g/mol. The van der Waals surface area contributed by atoms with Gasteiger partial charge in [-0.25, -0.2) is 0 Å². The average molecular weight is 443 g/mol. The van der Waals surface area contributed by atoms with E-state index in [0.717, 1.165) is 16.9 Å². The van der Waals surface area contributed by atoms with Crippen molar-refractivity contribution < 1.29 is 14.0 Å². The highest BCUT2D eigenvalue weighted by Gasteiger charge is 2.35. The second-order valence-corrected chi connectivity index (χ2v) is 8.30. The minimum atomic E-state index is -0.184. The first-order valence-corrected chi connectivity index (χ1v) is 10.7. The van der Waals surface area contributed by atoms with Gasteiger partial charge in [-0.05, 0) is 42.8 Å². The van der Waals surface area contributed by atoms with Crippen LogP contribution in [0.3, 0.4) is 0 Å². The first-order valence-electron chi connectivity index (χ1n) is 9.37. The van der Waals surface area contributed by atoms with Crippen LogP contribution in [0, 0.1) is 6.92 Å². The summed E-state index contributed by atoms with van der Waals surface area (Å²) in [7, 11) is 0. The number of carbonyl (C=O) groups excluding carboxylic acids is 2. The third kappa shape index (κ3) is 4.66. The number of benzene rings is 2. The van der Waals surface area contributed by atoms with Crippen LogP contribution in [0.2, 0.25) is 5.02 Å². The van der Waals surface area contributed by atoms with Gasteiger partial charge in [0.15, 0.2) is 0 Å². The molecule has 1 fully saturated rings. The van der Waals surface area contributed by atoms with Gasteiger partial charge < -0.3 is 14.6 Å². The van der Waals surface area contributed by atoms with Crippen molar-refractivity contribution in [3.8, 4) is 0 Å². The maximum atomic E-state index is 12.4. The fourth-order valence-electron chi connectivity index (χ4n) is 3.21. The molecule has 1 atom stereocenters. The first-order chi connectivity index (χ1) is 14.5. The fraction of sp³-hybridized carbons (Fsp3) is 0.238. The van der Waals surface area contributed by atoms with Crippen LogP contribution in [0.1, 0.15) is 23.8 Å². The molecule has 30 heavy (non-hydrogen) atoms. The van der Waals surface area contributed by atoms with Crippen molar-refractivity contribution in [3.05, 3.63) is 65.0 Å². The Morgan fingerprint density at radius 1 is 1.23 bits per heavy atom. The van der Waals surface area contributed by atoms with Gasteiger partial charge >= 0.3 is 0 Å². The van der Waals surface area contributed by atoms with Crippen LogP contribution in [0.4, 0.5) is 11.4 Å². The van der Waals surface area contributed by atoms with E-state index in [9.17, 15) is 9.59 Å². The fourth-order valence-corrected chi connectivity index (χ4v) is 3.91. The zero-order valence-corrected chi connectivity index (χ0v) is 17.7. The van der Waals surface area contributed by atoms with Crippen molar-refractivity contribution in [1.82, 2.24) is 10.2 Å². The van der Waals surface area contributed by atoms with Crippen LogP contribution in [-0.4, -0.2) is 34.3 Å². The summed E-state index contributed by atoms with van der Waals surface area (Å²) in [6, 6.07) is 14.7. The number of amides is 2. The van der Waals surface area contributed by atoms with Gasteiger partial charge in [0.05, 0.1) is 11.7 Å². The number of rotatable bonds is 6. The van der Waals surface area contributed by atoms with Gasteiger partial charge in [-0.15, -0.1) is 10.2 Å². The number of para-hydroxylation sites is 1. The number of anilines is 2. The molecule has 154 valence electrons. The molecule has 1 saturated heterocycles. The van der Waals surface area contributed by atoms with Crippen LogP contribution >= 0.6 is 23.4 Å². The van der Waals surface area contributed by atoms with Gasteiger partial charge in [0.2, 0.25) is 17.7 Å². The number of hydrogen-bond acceptors (Lipinski definition) is 6. The lowest BCUT2D eigenvalue weighted by Gasteiger charge is -2.15. The number of nitrogens with one attached hydrogen (secondary N) is 1. The second-order valence-electron chi connectivity index (χ2n) is 6.94. The highest BCUT2D eigenvalue weighted by molar-refractivity contribution is 7.99. The Morgan fingerprint density at radius 2 is 2.00 bits per heavy atom. The summed E-state index contributed by atoms with van der Waals surface area (Å²) in [6.45, 7) is 2.39. The van der Waals surface area contributed by atoms with Crippen LogP contribution in [0.15, 0.2) is 58.2 Å². The summed E-state index contributed by atoms with van der Waals surface area (Å²) in [6.07, 6.45) is 0.294. The lowest BCUT2D eigenvalue weighted by atomic mass is 10.1. The Labute approximate surface area is 182 Å². The number of aromatic nitrogens is 2. The molecule has 0 unspecified atom stereocenters. The molecule has 3 aromatic rings. The molecule has 0 saturated carbocycles. The molecule has 9 heteroatoms. The smallest absolute Gasteiger partial charge is 0.277 e. The molecule has 2 amide bonds. The van der Waals surface area contributed by atoms with Gasteiger partial charge in [-0.1, -0.05) is 41.6 Å². The average Bonchev–Trinajstić information content (AvgIpc) is 3.35. The number of carbonyl (C=O) groups is 2. The van der Waals surface area contributed by atoms with Gasteiger partial charge in [0.1, 0.15) is 0 Å². The highest BCUT2D eigenvalue weighted by Crippen LogP contribution is 2.32. The molecule has 4 rings (SSSR count). The molecule has 0 bridgehead atoms.